The van der Waals surface area contributed by atoms with Crippen LogP contribution in [0.2, 0.25) is 0 Å². The summed E-state index contributed by atoms with van der Waals surface area (Å²) in [6.07, 6.45) is 9.34. The number of nitrogens with two attached hydrogens (primary N) is 2. The molecule has 0 unspecified atom stereocenters. The Labute approximate surface area is 202 Å². The predicted molar refractivity (Wildman–Crippen MR) is 138 cm³/mol. The zero-order chi connectivity index (χ0) is 24.8. The number of primary amides is 1. The van der Waals surface area contributed by atoms with Crippen molar-refractivity contribution >= 4 is 17.6 Å². The summed E-state index contributed by atoms with van der Waals surface area (Å²) in [6, 6.07) is 13.3. The van der Waals surface area contributed by atoms with E-state index >= 15 is 0 Å². The minimum atomic E-state index is -0.608. The topological polar surface area (TPSA) is 109 Å². The number of hydrogen-bond acceptors (Lipinski definition) is 4. The lowest BCUT2D eigenvalue weighted by Gasteiger charge is -2.26. The highest BCUT2D eigenvalue weighted by Crippen LogP contribution is 2.24. The molecule has 0 radical (unpaired) electrons. The third-order valence-electron chi connectivity index (χ3n) is 5.98. The van der Waals surface area contributed by atoms with Crippen molar-refractivity contribution in [3.05, 3.63) is 65.5 Å². The smallest absolute Gasteiger partial charge is 0.316 e. The zero-order valence-electron chi connectivity index (χ0n) is 20.4. The molecule has 1 aliphatic carbocycles. The number of nitrogens with one attached hydrogen (secondary N) is 2. The summed E-state index contributed by atoms with van der Waals surface area (Å²) in [5.41, 5.74) is 10.1. The summed E-state index contributed by atoms with van der Waals surface area (Å²) < 4.78 is 12.8. The van der Waals surface area contributed by atoms with Gasteiger partial charge in [-0.25, -0.2) is 15.0 Å². The average Bonchev–Trinajstić information content (AvgIpc) is 2.82. The van der Waals surface area contributed by atoms with Gasteiger partial charge in [0.25, 0.3) is 0 Å². The monoisotopic (exact) mass is 470 g/mol. The molecule has 1 aliphatic rings. The van der Waals surface area contributed by atoms with Crippen molar-refractivity contribution in [2.24, 2.45) is 22.5 Å². The highest BCUT2D eigenvalue weighted by Gasteiger charge is 2.14. The number of nitrogens with zero attached hydrogens (tertiary/aromatic N) is 2. The lowest BCUT2D eigenvalue weighted by molar-refractivity contribution is 0.232. The molecule has 0 aliphatic heterocycles. The molecule has 2 amide bonds. The number of carbonyl (C=O) groups excluding carboxylic acids is 1. The molecule has 0 bridgehead atoms. The minimum Gasteiger partial charge on any atom is -0.351 e. The molecule has 34 heavy (non-hydrogen) atoms. The second-order valence-electron chi connectivity index (χ2n) is 8.78. The molecule has 0 atom stereocenters. The zero-order valence-corrected chi connectivity index (χ0v) is 20.4. The predicted octanol–water partition coefficient (Wildman–Crippen LogP) is 4.29. The lowest BCUT2D eigenvalue weighted by atomic mass is 9.89. The molecule has 6 N–H and O–H groups in total. The normalized spacial score (nSPS) is 14.3. The van der Waals surface area contributed by atoms with Gasteiger partial charge in [-0.3, -0.25) is 4.99 Å². The van der Waals surface area contributed by atoms with Crippen LogP contribution in [0.1, 0.15) is 49.7 Å². The maximum atomic E-state index is 12.8. The first-order valence-electron chi connectivity index (χ1n) is 11.9. The Kier molecular flexibility index (Phi) is 12.1. The van der Waals surface area contributed by atoms with E-state index in [4.69, 9.17) is 11.6 Å². The molecule has 1 saturated carbocycles. The number of carbonyl (C=O) groups is 1. The van der Waals surface area contributed by atoms with E-state index in [1.165, 1.54) is 44.2 Å². The van der Waals surface area contributed by atoms with Gasteiger partial charge in [0, 0.05) is 24.8 Å². The number of rotatable bonds is 8. The second-order valence-corrected chi connectivity index (χ2v) is 8.78. The third-order valence-corrected chi connectivity index (χ3v) is 5.98. The van der Waals surface area contributed by atoms with Crippen molar-refractivity contribution in [1.29, 1.82) is 0 Å². The maximum absolute atomic E-state index is 12.8. The number of benzene rings is 2. The number of aryl methyl sites for hydroxylation is 1. The summed E-state index contributed by atoms with van der Waals surface area (Å²) in [5.74, 6) is 6.58. The van der Waals surface area contributed by atoms with Crippen LogP contribution in [-0.4, -0.2) is 44.0 Å². The van der Waals surface area contributed by atoms with E-state index < -0.39 is 6.03 Å². The van der Waals surface area contributed by atoms with Gasteiger partial charge >= 0.3 is 6.03 Å². The van der Waals surface area contributed by atoms with Crippen LogP contribution in [0.25, 0.3) is 0 Å². The fraction of sp³-hybridized carbons (Fsp3) is 0.462. The number of halogens is 1. The number of amides is 2. The Morgan fingerprint density at radius 3 is 2.47 bits per heavy atom. The highest BCUT2D eigenvalue weighted by molar-refractivity contribution is 5.99. The summed E-state index contributed by atoms with van der Waals surface area (Å²) in [7, 11) is 3.85. The Hall–Kier alpha value is -2.97. The van der Waals surface area contributed by atoms with Gasteiger partial charge in [0.05, 0.1) is 0 Å². The standard InChI is InChI=1S/C17H26FN.C9H13N5O/c1-19(14-16-6-3-2-4-7-16)13-5-8-15-9-11-17(18)12-10-15;1-12-8(14-11)6-3-2-4-7(5-6)13-9(10)15/h9-12,16H,2-8,13-14H2,1H3;2-5H,11H2,1H3,(H,12,14)(H3,10,13,15). The van der Waals surface area contributed by atoms with Gasteiger partial charge in [0.15, 0.2) is 0 Å². The molecule has 3 rings (SSSR count). The van der Waals surface area contributed by atoms with Gasteiger partial charge in [-0.2, -0.15) is 0 Å². The van der Waals surface area contributed by atoms with Gasteiger partial charge in [-0.05, 0) is 75.0 Å². The molecule has 186 valence electrons. The lowest BCUT2D eigenvalue weighted by Crippen LogP contribution is -2.31. The molecule has 0 spiro atoms. The fourth-order valence-corrected chi connectivity index (χ4v) is 4.27. The SMILES string of the molecule is CN(CCCc1ccc(F)cc1)CC1CCCCC1.CN=C(NN)c1cccc(NC(N)=O)c1. The number of hydrogen-bond donors (Lipinski definition) is 4. The first-order valence-corrected chi connectivity index (χ1v) is 11.9. The van der Waals surface area contributed by atoms with E-state index in [0.29, 0.717) is 11.5 Å². The van der Waals surface area contributed by atoms with Crippen LogP contribution in [0.3, 0.4) is 0 Å². The highest BCUT2D eigenvalue weighted by atomic mass is 19.1. The van der Waals surface area contributed by atoms with Crippen molar-refractivity contribution in [3.8, 4) is 0 Å². The number of hydrazine groups is 1. The van der Waals surface area contributed by atoms with Gasteiger partial charge < -0.3 is 21.4 Å². The number of aliphatic imine (C=N–C) groups is 1. The number of urea groups is 1. The quantitative estimate of drug-likeness (QED) is 0.200. The molecular formula is C26H39FN6O. The summed E-state index contributed by atoms with van der Waals surface area (Å²) in [6.45, 7) is 2.40. The second kappa shape index (κ2) is 15.0. The Morgan fingerprint density at radius 2 is 1.85 bits per heavy atom. The fourth-order valence-electron chi connectivity index (χ4n) is 4.27. The van der Waals surface area contributed by atoms with Gasteiger partial charge in [0.2, 0.25) is 0 Å². The first-order chi connectivity index (χ1) is 16.4. The van der Waals surface area contributed by atoms with Gasteiger partial charge in [-0.15, -0.1) is 0 Å². The number of anilines is 1. The molecule has 1 fully saturated rings. The van der Waals surface area contributed by atoms with Crippen LogP contribution >= 0.6 is 0 Å². The first kappa shape index (κ1) is 27.3. The Bertz CT molecular complexity index is 896. The van der Waals surface area contributed by atoms with E-state index in [9.17, 15) is 9.18 Å². The van der Waals surface area contributed by atoms with E-state index in [-0.39, 0.29) is 5.82 Å². The molecular weight excluding hydrogens is 431 g/mol. The third kappa shape index (κ3) is 10.3. The van der Waals surface area contributed by atoms with Gasteiger partial charge in [-0.1, -0.05) is 43.5 Å². The van der Waals surface area contributed by atoms with E-state index in [2.05, 4.69) is 27.7 Å². The summed E-state index contributed by atoms with van der Waals surface area (Å²) >= 11 is 0. The van der Waals surface area contributed by atoms with E-state index in [0.717, 1.165) is 30.9 Å². The molecule has 0 saturated heterocycles. The van der Waals surface area contributed by atoms with Crippen LogP contribution in [0.15, 0.2) is 53.5 Å². The van der Waals surface area contributed by atoms with Crippen LogP contribution in [0.5, 0.6) is 0 Å². The van der Waals surface area contributed by atoms with Crippen LogP contribution in [-0.2, 0) is 6.42 Å². The Balaban J connectivity index is 0.000000248. The molecule has 2 aromatic carbocycles. The van der Waals surface area contributed by atoms with Gasteiger partial charge in [0.1, 0.15) is 11.7 Å². The molecule has 0 heterocycles. The van der Waals surface area contributed by atoms with Crippen molar-refractivity contribution in [3.63, 3.8) is 0 Å². The largest absolute Gasteiger partial charge is 0.351 e. The average molecular weight is 471 g/mol. The summed E-state index contributed by atoms with van der Waals surface area (Å²) in [4.78, 5) is 17.0. The number of amidine groups is 1. The van der Waals surface area contributed by atoms with Crippen molar-refractivity contribution in [2.45, 2.75) is 44.9 Å². The summed E-state index contributed by atoms with van der Waals surface area (Å²) in [5, 5.41) is 2.46. The van der Waals surface area contributed by atoms with E-state index in [1.807, 2.05) is 18.2 Å². The minimum absolute atomic E-state index is 0.141. The van der Waals surface area contributed by atoms with Crippen molar-refractivity contribution < 1.29 is 9.18 Å². The molecule has 2 aromatic rings. The van der Waals surface area contributed by atoms with Crippen LogP contribution < -0.4 is 22.3 Å². The molecule has 0 aromatic heterocycles. The maximum Gasteiger partial charge on any atom is 0.316 e. The van der Waals surface area contributed by atoms with Crippen LogP contribution in [0, 0.1) is 11.7 Å². The molecule has 8 heteroatoms. The van der Waals surface area contributed by atoms with Crippen molar-refractivity contribution in [1.82, 2.24) is 10.3 Å². The van der Waals surface area contributed by atoms with Crippen LogP contribution in [0.4, 0.5) is 14.9 Å². The Morgan fingerprint density at radius 1 is 1.15 bits per heavy atom. The molecule has 7 nitrogen and oxygen atoms in total. The van der Waals surface area contributed by atoms with Crippen molar-refractivity contribution in [2.75, 3.05) is 32.5 Å². The van der Waals surface area contributed by atoms with E-state index in [1.54, 1.807) is 37.4 Å².